The Morgan fingerprint density at radius 1 is 1.28 bits per heavy atom. The van der Waals surface area contributed by atoms with Crippen molar-refractivity contribution in [2.24, 2.45) is 5.92 Å². The van der Waals surface area contributed by atoms with E-state index in [0.717, 1.165) is 31.8 Å². The number of hydrogen-bond donors (Lipinski definition) is 1. The van der Waals surface area contributed by atoms with Gasteiger partial charge in [-0.1, -0.05) is 20.8 Å². The Morgan fingerprint density at radius 3 is 2.72 bits per heavy atom. The molecule has 0 amide bonds. The highest BCUT2D eigenvalue weighted by Gasteiger charge is 2.04. The van der Waals surface area contributed by atoms with Crippen molar-refractivity contribution < 1.29 is 0 Å². The van der Waals surface area contributed by atoms with Gasteiger partial charge < -0.3 is 9.88 Å². The van der Waals surface area contributed by atoms with E-state index < -0.39 is 0 Å². The molecule has 0 aliphatic rings. The molecular weight excluding hydrogens is 222 g/mol. The van der Waals surface area contributed by atoms with E-state index in [9.17, 15) is 0 Å². The summed E-state index contributed by atoms with van der Waals surface area (Å²) in [6.45, 7) is 11.1. The van der Waals surface area contributed by atoms with Crippen molar-refractivity contribution in [3.63, 3.8) is 0 Å². The van der Waals surface area contributed by atoms with Gasteiger partial charge in [0.2, 0.25) is 0 Å². The summed E-state index contributed by atoms with van der Waals surface area (Å²) in [7, 11) is 0. The maximum atomic E-state index is 4.40. The van der Waals surface area contributed by atoms with E-state index in [2.05, 4.69) is 48.8 Å². The molecule has 1 unspecified atom stereocenters. The van der Waals surface area contributed by atoms with Crippen molar-refractivity contribution in [3.05, 3.63) is 18.2 Å². The van der Waals surface area contributed by atoms with Gasteiger partial charge >= 0.3 is 0 Å². The van der Waals surface area contributed by atoms with Gasteiger partial charge in [-0.05, 0) is 32.1 Å². The third-order valence-corrected chi connectivity index (χ3v) is 3.30. The molecule has 18 heavy (non-hydrogen) atoms. The molecular formula is C15H29N3. The van der Waals surface area contributed by atoms with Crippen molar-refractivity contribution in [2.45, 2.75) is 66.0 Å². The molecule has 0 aliphatic carbocycles. The van der Waals surface area contributed by atoms with E-state index in [-0.39, 0.29) is 0 Å². The van der Waals surface area contributed by atoms with Crippen molar-refractivity contribution in [3.8, 4) is 0 Å². The Labute approximate surface area is 112 Å². The van der Waals surface area contributed by atoms with Crippen LogP contribution in [0.1, 0.15) is 52.8 Å². The first-order chi connectivity index (χ1) is 8.63. The molecule has 0 saturated carbocycles. The molecule has 0 spiro atoms. The molecule has 0 saturated heterocycles. The van der Waals surface area contributed by atoms with Crippen molar-refractivity contribution in [1.29, 1.82) is 0 Å². The molecule has 3 nitrogen and oxygen atoms in total. The smallest absolute Gasteiger partial charge is 0.108 e. The van der Waals surface area contributed by atoms with Gasteiger partial charge in [0, 0.05) is 37.9 Å². The second-order valence-electron chi connectivity index (χ2n) is 5.61. The number of rotatable bonds is 9. The Hall–Kier alpha value is -0.830. The van der Waals surface area contributed by atoms with Gasteiger partial charge in [0.15, 0.2) is 0 Å². The minimum absolute atomic E-state index is 0.616. The maximum Gasteiger partial charge on any atom is 0.108 e. The molecule has 0 bridgehead atoms. The number of hydrogen-bond acceptors (Lipinski definition) is 2. The summed E-state index contributed by atoms with van der Waals surface area (Å²) >= 11 is 0. The second kappa shape index (κ2) is 8.30. The van der Waals surface area contributed by atoms with Gasteiger partial charge in [0.1, 0.15) is 5.82 Å². The molecule has 1 aromatic rings. The number of aromatic nitrogens is 2. The summed E-state index contributed by atoms with van der Waals surface area (Å²) in [4.78, 5) is 4.40. The van der Waals surface area contributed by atoms with E-state index >= 15 is 0 Å². The lowest BCUT2D eigenvalue weighted by molar-refractivity contribution is 0.439. The van der Waals surface area contributed by atoms with Gasteiger partial charge in [-0.15, -0.1) is 0 Å². The Morgan fingerprint density at radius 2 is 2.06 bits per heavy atom. The molecule has 1 aromatic heterocycles. The fourth-order valence-electron chi connectivity index (χ4n) is 2.11. The standard InChI is InChI=1S/C15H29N3/c1-5-6-15-17-10-12-18(15)11-9-16-14(4)8-7-13(2)3/h10,12-14,16H,5-9,11H2,1-4H3. The minimum atomic E-state index is 0.616. The molecule has 1 atom stereocenters. The molecule has 0 aliphatic heterocycles. The first-order valence-electron chi connectivity index (χ1n) is 7.36. The lowest BCUT2D eigenvalue weighted by Crippen LogP contribution is -2.29. The quantitative estimate of drug-likeness (QED) is 0.730. The van der Waals surface area contributed by atoms with Crippen LogP contribution in [-0.4, -0.2) is 22.1 Å². The SMILES string of the molecule is CCCc1nccn1CCNC(C)CCC(C)C. The second-order valence-corrected chi connectivity index (χ2v) is 5.61. The van der Waals surface area contributed by atoms with E-state index in [1.807, 2.05) is 6.20 Å². The van der Waals surface area contributed by atoms with Crippen LogP contribution in [0.15, 0.2) is 12.4 Å². The predicted octanol–water partition coefficient (Wildman–Crippen LogP) is 3.25. The lowest BCUT2D eigenvalue weighted by atomic mass is 10.0. The third kappa shape index (κ3) is 5.67. The van der Waals surface area contributed by atoms with Crippen molar-refractivity contribution in [2.75, 3.05) is 6.54 Å². The van der Waals surface area contributed by atoms with Gasteiger partial charge in [-0.3, -0.25) is 0 Å². The predicted molar refractivity (Wildman–Crippen MR) is 77.8 cm³/mol. The fourth-order valence-corrected chi connectivity index (χ4v) is 2.11. The highest BCUT2D eigenvalue weighted by atomic mass is 15.1. The first-order valence-corrected chi connectivity index (χ1v) is 7.36. The average Bonchev–Trinajstić information content (AvgIpc) is 2.75. The molecule has 0 fully saturated rings. The van der Waals surface area contributed by atoms with Gasteiger partial charge in [-0.2, -0.15) is 0 Å². The van der Waals surface area contributed by atoms with Crippen molar-refractivity contribution in [1.82, 2.24) is 14.9 Å². The highest BCUT2D eigenvalue weighted by molar-refractivity contribution is 4.92. The zero-order chi connectivity index (χ0) is 13.4. The molecule has 0 radical (unpaired) electrons. The van der Waals surface area contributed by atoms with Crippen LogP contribution in [0.3, 0.4) is 0 Å². The summed E-state index contributed by atoms with van der Waals surface area (Å²) in [5.41, 5.74) is 0. The Kier molecular flexibility index (Phi) is 7.02. The third-order valence-electron chi connectivity index (χ3n) is 3.30. The van der Waals surface area contributed by atoms with Gasteiger partial charge in [0.05, 0.1) is 0 Å². The molecule has 0 aromatic carbocycles. The van der Waals surface area contributed by atoms with E-state index in [1.165, 1.54) is 18.7 Å². The first kappa shape index (κ1) is 15.2. The Bertz CT molecular complexity index is 317. The summed E-state index contributed by atoms with van der Waals surface area (Å²) in [5, 5.41) is 3.60. The Balaban J connectivity index is 2.22. The molecule has 1 N–H and O–H groups in total. The zero-order valence-electron chi connectivity index (χ0n) is 12.4. The normalized spacial score (nSPS) is 13.2. The number of imidazole rings is 1. The summed E-state index contributed by atoms with van der Waals surface area (Å²) in [6.07, 6.45) is 8.81. The van der Waals surface area contributed by atoms with Gasteiger partial charge in [0.25, 0.3) is 0 Å². The largest absolute Gasteiger partial charge is 0.334 e. The van der Waals surface area contributed by atoms with Crippen LogP contribution in [0.5, 0.6) is 0 Å². The number of nitrogens with zero attached hydrogens (tertiary/aromatic N) is 2. The average molecular weight is 251 g/mol. The van der Waals surface area contributed by atoms with E-state index in [1.54, 1.807) is 0 Å². The number of nitrogens with one attached hydrogen (secondary N) is 1. The van der Waals surface area contributed by atoms with Crippen LogP contribution < -0.4 is 5.32 Å². The molecule has 3 heteroatoms. The highest BCUT2D eigenvalue weighted by Crippen LogP contribution is 2.06. The number of aryl methyl sites for hydroxylation is 1. The van der Waals surface area contributed by atoms with E-state index in [4.69, 9.17) is 0 Å². The van der Waals surface area contributed by atoms with Crippen LogP contribution in [0, 0.1) is 5.92 Å². The topological polar surface area (TPSA) is 29.9 Å². The molecule has 1 rings (SSSR count). The fraction of sp³-hybridized carbons (Fsp3) is 0.800. The summed E-state index contributed by atoms with van der Waals surface area (Å²) in [6, 6.07) is 0.616. The van der Waals surface area contributed by atoms with Crippen LogP contribution in [0.25, 0.3) is 0 Å². The van der Waals surface area contributed by atoms with Crippen LogP contribution >= 0.6 is 0 Å². The molecule has 104 valence electrons. The lowest BCUT2D eigenvalue weighted by Gasteiger charge is -2.15. The van der Waals surface area contributed by atoms with Crippen LogP contribution in [-0.2, 0) is 13.0 Å². The minimum Gasteiger partial charge on any atom is -0.334 e. The maximum absolute atomic E-state index is 4.40. The summed E-state index contributed by atoms with van der Waals surface area (Å²) in [5.74, 6) is 2.02. The zero-order valence-corrected chi connectivity index (χ0v) is 12.4. The summed E-state index contributed by atoms with van der Waals surface area (Å²) < 4.78 is 2.27. The molecule has 1 heterocycles. The van der Waals surface area contributed by atoms with Crippen LogP contribution in [0.4, 0.5) is 0 Å². The van der Waals surface area contributed by atoms with Gasteiger partial charge in [-0.25, -0.2) is 4.98 Å². The monoisotopic (exact) mass is 251 g/mol. The van der Waals surface area contributed by atoms with E-state index in [0.29, 0.717) is 6.04 Å². The van der Waals surface area contributed by atoms with Crippen LogP contribution in [0.2, 0.25) is 0 Å². The van der Waals surface area contributed by atoms with Crippen molar-refractivity contribution >= 4 is 0 Å².